The molecule has 204 valence electrons. The minimum Gasteiger partial charge on any atom is -0.422 e. The summed E-state index contributed by atoms with van der Waals surface area (Å²) in [5.41, 5.74) is 4.23. The Morgan fingerprint density at radius 1 is 0.854 bits per heavy atom. The Morgan fingerprint density at radius 2 is 1.54 bits per heavy atom. The van der Waals surface area contributed by atoms with Crippen LogP contribution >= 0.6 is 50.5 Å². The highest BCUT2D eigenvalue weighted by atomic mass is 79.9. The van der Waals surface area contributed by atoms with Crippen molar-refractivity contribution in [1.82, 2.24) is 5.43 Å². The van der Waals surface area contributed by atoms with Crippen molar-refractivity contribution in [2.75, 3.05) is 5.32 Å². The van der Waals surface area contributed by atoms with Crippen molar-refractivity contribution in [1.29, 1.82) is 0 Å². The van der Waals surface area contributed by atoms with Gasteiger partial charge in [-0.2, -0.15) is 5.10 Å². The summed E-state index contributed by atoms with van der Waals surface area (Å²) in [5.74, 6) is -1.11. The number of anilines is 1. The number of esters is 1. The van der Waals surface area contributed by atoms with Crippen LogP contribution in [0.5, 0.6) is 5.75 Å². The summed E-state index contributed by atoms with van der Waals surface area (Å²) in [7, 11) is 0. The highest BCUT2D eigenvalue weighted by molar-refractivity contribution is 9.10. The molecule has 0 atom stereocenters. The topological polar surface area (TPSA) is 96.9 Å². The number of para-hydroxylation sites is 1. The summed E-state index contributed by atoms with van der Waals surface area (Å²) in [4.78, 5) is 38.2. The van der Waals surface area contributed by atoms with E-state index in [1.54, 1.807) is 72.8 Å². The molecule has 0 radical (unpaired) electrons. The van der Waals surface area contributed by atoms with E-state index in [9.17, 15) is 14.4 Å². The number of hydrogen-bond acceptors (Lipinski definition) is 6. The molecule has 7 nitrogen and oxygen atoms in total. The van der Waals surface area contributed by atoms with Gasteiger partial charge in [0.15, 0.2) is 0 Å². The van der Waals surface area contributed by atoms with Crippen molar-refractivity contribution in [3.63, 3.8) is 0 Å². The number of hydrogen-bond donors (Lipinski definition) is 2. The molecule has 0 fully saturated rings. The number of fused-ring (bicyclic) bond motifs is 1. The van der Waals surface area contributed by atoms with Crippen LogP contribution in [-0.2, 0) is 0 Å². The van der Waals surface area contributed by atoms with Gasteiger partial charge in [-0.15, -0.1) is 11.3 Å². The van der Waals surface area contributed by atoms with Gasteiger partial charge < -0.3 is 10.1 Å². The van der Waals surface area contributed by atoms with Crippen LogP contribution < -0.4 is 15.5 Å². The van der Waals surface area contributed by atoms with Gasteiger partial charge in [-0.25, -0.2) is 10.2 Å². The standard InChI is InChI=1S/C30H18BrCl2N3O4S/c31-20-9-14-23-25(15-20)41-27(26(23)33)30(39)40-24-4-2-1-3-19(24)16-34-36-29(38)18-7-12-22(13-8-18)35-28(37)17-5-10-21(32)11-6-17/h1-16H,(H,35,37)(H,36,38)/b34-16-. The fraction of sp³-hybridized carbons (Fsp3) is 0. The number of nitrogens with zero attached hydrogens (tertiary/aromatic N) is 1. The Kier molecular flexibility index (Phi) is 8.80. The van der Waals surface area contributed by atoms with Crippen molar-refractivity contribution in [2.24, 2.45) is 5.10 Å². The van der Waals surface area contributed by atoms with E-state index < -0.39 is 11.9 Å². The molecule has 0 unspecified atom stereocenters. The predicted molar refractivity (Wildman–Crippen MR) is 167 cm³/mol. The van der Waals surface area contributed by atoms with E-state index in [-0.39, 0.29) is 16.5 Å². The number of hydrazone groups is 1. The number of amides is 2. The van der Waals surface area contributed by atoms with Crippen LogP contribution in [0.25, 0.3) is 10.1 Å². The lowest BCUT2D eigenvalue weighted by molar-refractivity contribution is 0.0739. The Morgan fingerprint density at radius 3 is 2.29 bits per heavy atom. The third-order valence-corrected chi connectivity index (χ3v) is 8.16. The van der Waals surface area contributed by atoms with Gasteiger partial charge in [0.25, 0.3) is 11.8 Å². The minimum atomic E-state index is -0.597. The van der Waals surface area contributed by atoms with Gasteiger partial charge in [0.1, 0.15) is 10.6 Å². The van der Waals surface area contributed by atoms with Crippen LogP contribution in [0, 0.1) is 0 Å². The fourth-order valence-corrected chi connectivity index (χ4v) is 5.79. The average molecular weight is 667 g/mol. The third kappa shape index (κ3) is 6.83. The lowest BCUT2D eigenvalue weighted by Gasteiger charge is -2.07. The SMILES string of the molecule is O=C(N/N=C\c1ccccc1OC(=O)c1sc2cc(Br)ccc2c1Cl)c1ccc(NC(=O)c2ccc(Cl)cc2)cc1. The second kappa shape index (κ2) is 12.7. The largest absolute Gasteiger partial charge is 0.422 e. The van der Waals surface area contributed by atoms with Crippen LogP contribution in [-0.4, -0.2) is 24.0 Å². The van der Waals surface area contributed by atoms with Crippen molar-refractivity contribution < 1.29 is 19.1 Å². The predicted octanol–water partition coefficient (Wildman–Crippen LogP) is 8.21. The molecule has 41 heavy (non-hydrogen) atoms. The Bertz CT molecular complexity index is 1810. The van der Waals surface area contributed by atoms with Gasteiger partial charge in [-0.05, 0) is 72.8 Å². The van der Waals surface area contributed by atoms with E-state index in [2.05, 4.69) is 31.8 Å². The van der Waals surface area contributed by atoms with Crippen molar-refractivity contribution in [2.45, 2.75) is 0 Å². The number of ether oxygens (including phenoxy) is 1. The molecule has 5 rings (SSSR count). The highest BCUT2D eigenvalue weighted by Gasteiger charge is 2.20. The monoisotopic (exact) mass is 665 g/mol. The molecule has 0 aliphatic carbocycles. The maximum atomic E-state index is 12.9. The van der Waals surface area contributed by atoms with Gasteiger partial charge in [-0.1, -0.05) is 57.3 Å². The van der Waals surface area contributed by atoms with E-state index in [1.165, 1.54) is 17.6 Å². The van der Waals surface area contributed by atoms with Gasteiger partial charge in [0.2, 0.25) is 0 Å². The number of carbonyl (C=O) groups is 3. The molecule has 5 aromatic rings. The molecule has 4 aromatic carbocycles. The van der Waals surface area contributed by atoms with Crippen molar-refractivity contribution in [3.8, 4) is 5.75 Å². The van der Waals surface area contributed by atoms with E-state index in [4.69, 9.17) is 27.9 Å². The number of halogens is 3. The molecule has 0 saturated heterocycles. The average Bonchev–Trinajstić information content (AvgIpc) is 3.29. The molecule has 0 spiro atoms. The van der Waals surface area contributed by atoms with Crippen molar-refractivity contribution >= 4 is 90.2 Å². The molecule has 1 heterocycles. The zero-order valence-corrected chi connectivity index (χ0v) is 24.8. The van der Waals surface area contributed by atoms with Gasteiger partial charge in [-0.3, -0.25) is 9.59 Å². The lowest BCUT2D eigenvalue weighted by Crippen LogP contribution is -2.18. The molecular formula is C30H18BrCl2N3O4S. The summed E-state index contributed by atoms with van der Waals surface area (Å²) in [6, 6.07) is 25.2. The van der Waals surface area contributed by atoms with E-state index in [1.807, 2.05) is 18.2 Å². The van der Waals surface area contributed by atoms with Gasteiger partial charge in [0.05, 0.1) is 11.2 Å². The molecule has 2 N–H and O–H groups in total. The molecule has 2 amide bonds. The highest BCUT2D eigenvalue weighted by Crippen LogP contribution is 2.37. The summed E-state index contributed by atoms with van der Waals surface area (Å²) in [6.45, 7) is 0. The fourth-order valence-electron chi connectivity index (χ4n) is 3.73. The van der Waals surface area contributed by atoms with Crippen molar-refractivity contribution in [3.05, 3.63) is 127 Å². The quantitative estimate of drug-likeness (QED) is 0.0792. The molecule has 0 aliphatic heterocycles. The second-order valence-corrected chi connectivity index (χ2v) is 11.3. The zero-order valence-electron chi connectivity index (χ0n) is 20.9. The molecular weight excluding hydrogens is 649 g/mol. The molecule has 0 saturated carbocycles. The van der Waals surface area contributed by atoms with Crippen LogP contribution in [0.4, 0.5) is 5.69 Å². The Balaban J connectivity index is 1.21. The third-order valence-electron chi connectivity index (χ3n) is 5.78. The normalized spacial score (nSPS) is 11.0. The zero-order chi connectivity index (χ0) is 28.9. The first-order chi connectivity index (χ1) is 19.8. The molecule has 0 bridgehead atoms. The van der Waals surface area contributed by atoms with Crippen LogP contribution in [0.2, 0.25) is 10.0 Å². The summed E-state index contributed by atoms with van der Waals surface area (Å²) in [6.07, 6.45) is 1.38. The van der Waals surface area contributed by atoms with Gasteiger partial charge >= 0.3 is 5.97 Å². The second-order valence-electron chi connectivity index (χ2n) is 8.55. The minimum absolute atomic E-state index is 0.256. The molecule has 1 aromatic heterocycles. The number of nitrogens with one attached hydrogen (secondary N) is 2. The van der Waals surface area contributed by atoms with E-state index >= 15 is 0 Å². The maximum Gasteiger partial charge on any atom is 0.355 e. The smallest absolute Gasteiger partial charge is 0.355 e. The van der Waals surface area contributed by atoms with Crippen LogP contribution in [0.3, 0.4) is 0 Å². The first kappa shape index (κ1) is 28.5. The van der Waals surface area contributed by atoms with E-state index in [0.717, 1.165) is 14.6 Å². The summed E-state index contributed by atoms with van der Waals surface area (Å²) >= 11 is 17.0. The van der Waals surface area contributed by atoms with Crippen LogP contribution in [0.1, 0.15) is 36.0 Å². The Hall–Kier alpha value is -4.02. The molecule has 0 aliphatic rings. The van der Waals surface area contributed by atoms with Gasteiger partial charge in [0, 0.05) is 42.0 Å². The first-order valence-electron chi connectivity index (χ1n) is 12.0. The number of carbonyl (C=O) groups excluding carboxylic acids is 3. The number of benzene rings is 4. The maximum absolute atomic E-state index is 12.9. The summed E-state index contributed by atoms with van der Waals surface area (Å²) in [5, 5.41) is 8.41. The summed E-state index contributed by atoms with van der Waals surface area (Å²) < 4.78 is 7.36. The lowest BCUT2D eigenvalue weighted by atomic mass is 10.1. The molecule has 11 heteroatoms. The van der Waals surface area contributed by atoms with Crippen LogP contribution in [0.15, 0.2) is 101 Å². The first-order valence-corrected chi connectivity index (χ1v) is 14.3. The van der Waals surface area contributed by atoms with E-state index in [0.29, 0.717) is 32.4 Å². The Labute approximate surface area is 256 Å². The number of thiophene rings is 1. The number of rotatable bonds is 7.